The van der Waals surface area contributed by atoms with Gasteiger partial charge < -0.3 is 24.4 Å². The molecule has 0 unspecified atom stereocenters. The van der Waals surface area contributed by atoms with Crippen LogP contribution in [0.15, 0.2) is 97.2 Å². The van der Waals surface area contributed by atoms with Crippen LogP contribution in [-0.2, 0) is 28.2 Å². The fourth-order valence-electron chi connectivity index (χ4n) is 5.05. The maximum atomic E-state index is 12.4. The summed E-state index contributed by atoms with van der Waals surface area (Å²) in [7, 11) is -4.82. The lowest BCUT2D eigenvalue weighted by Crippen LogP contribution is -2.29. The van der Waals surface area contributed by atoms with E-state index in [1.54, 1.807) is 12.2 Å². The van der Waals surface area contributed by atoms with Crippen molar-refractivity contribution in [1.29, 1.82) is 0 Å². The fourth-order valence-corrected chi connectivity index (χ4v) is 5.41. The Kier molecular flexibility index (Phi) is 37.0. The van der Waals surface area contributed by atoms with Gasteiger partial charge in [-0.05, 0) is 89.9 Å². The van der Waals surface area contributed by atoms with Crippen LogP contribution in [-0.4, -0.2) is 52.3 Å². The maximum Gasteiger partial charge on any atom is 0.469 e. The van der Waals surface area contributed by atoms with Gasteiger partial charge in [-0.2, -0.15) is 0 Å². The van der Waals surface area contributed by atoms with Crippen LogP contribution in [0.25, 0.3) is 0 Å². The van der Waals surface area contributed by atoms with Gasteiger partial charge >= 0.3 is 19.8 Å². The average molecular weight is 789 g/mol. The molecule has 0 aromatic rings. The lowest BCUT2D eigenvalue weighted by Gasteiger charge is -2.18. The molecule has 0 fully saturated rings. The second-order valence-corrected chi connectivity index (χ2v) is 14.7. The quantitative estimate of drug-likeness (QED) is 0.0186. The van der Waals surface area contributed by atoms with Gasteiger partial charge in [0.15, 0.2) is 6.10 Å². The second kappa shape index (κ2) is 39.2. The van der Waals surface area contributed by atoms with Crippen LogP contribution in [0.2, 0.25) is 0 Å². The third-order valence-electron chi connectivity index (χ3n) is 8.18. The molecule has 312 valence electrons. The number of phosphoric ester groups is 1. The average Bonchev–Trinajstić information content (AvgIpc) is 3.15. The molecule has 0 bridgehead atoms. The molecule has 0 saturated heterocycles. The molecule has 0 spiro atoms. The van der Waals surface area contributed by atoms with E-state index in [1.807, 2.05) is 12.2 Å². The van der Waals surface area contributed by atoms with Gasteiger partial charge in [-0.3, -0.25) is 14.1 Å². The number of aliphatic hydroxyl groups excluding tert-OH is 1. The minimum absolute atomic E-state index is 0.0294. The molecule has 0 aliphatic rings. The van der Waals surface area contributed by atoms with Crippen LogP contribution in [0.4, 0.5) is 0 Å². The van der Waals surface area contributed by atoms with Crippen LogP contribution in [0.1, 0.15) is 149 Å². The molecule has 0 radical (unpaired) electrons. The topological polar surface area (TPSA) is 140 Å². The van der Waals surface area contributed by atoms with E-state index in [2.05, 4.69) is 91.3 Å². The third-order valence-corrected chi connectivity index (χ3v) is 8.66. The first kappa shape index (κ1) is 51.9. The number of allylic oxidation sites excluding steroid dienone is 15. The Labute approximate surface area is 333 Å². The highest BCUT2D eigenvalue weighted by molar-refractivity contribution is 7.46. The molecule has 0 heterocycles. The van der Waals surface area contributed by atoms with Crippen LogP contribution in [0.5, 0.6) is 0 Å². The molecule has 0 amide bonds. The number of ether oxygens (including phenoxy) is 2. The summed E-state index contributed by atoms with van der Waals surface area (Å²) in [6, 6.07) is 0. The molecular weight excluding hydrogens is 715 g/mol. The predicted octanol–water partition coefficient (Wildman–Crippen LogP) is 11.6. The zero-order valence-corrected chi connectivity index (χ0v) is 34.8. The number of unbranched alkanes of at least 4 members (excludes halogenated alkanes) is 9. The van der Waals surface area contributed by atoms with E-state index in [4.69, 9.17) is 19.3 Å². The van der Waals surface area contributed by atoms with Crippen molar-refractivity contribution in [3.05, 3.63) is 97.2 Å². The second-order valence-electron chi connectivity index (χ2n) is 13.5. The summed E-state index contributed by atoms with van der Waals surface area (Å²) in [6.07, 6.45) is 50.1. The van der Waals surface area contributed by atoms with Gasteiger partial charge in [-0.25, -0.2) is 4.57 Å². The number of hydrogen-bond donors (Lipinski definition) is 3. The third kappa shape index (κ3) is 41.9. The van der Waals surface area contributed by atoms with Crippen LogP contribution in [0, 0.1) is 0 Å². The van der Waals surface area contributed by atoms with Crippen molar-refractivity contribution in [3.63, 3.8) is 0 Å². The summed E-state index contributed by atoms with van der Waals surface area (Å²) >= 11 is 0. The van der Waals surface area contributed by atoms with Gasteiger partial charge in [0, 0.05) is 12.8 Å². The van der Waals surface area contributed by atoms with E-state index in [9.17, 15) is 19.3 Å². The molecule has 0 aliphatic heterocycles. The first-order valence-corrected chi connectivity index (χ1v) is 22.2. The van der Waals surface area contributed by atoms with Crippen molar-refractivity contribution in [2.45, 2.75) is 161 Å². The summed E-state index contributed by atoms with van der Waals surface area (Å²) < 4.78 is 26.2. The summed E-state index contributed by atoms with van der Waals surface area (Å²) in [5, 5.41) is 10.2. The maximum absolute atomic E-state index is 12.4. The highest BCUT2D eigenvalue weighted by atomic mass is 31.2. The Morgan fingerprint density at radius 3 is 1.55 bits per heavy atom. The monoisotopic (exact) mass is 788 g/mol. The number of esters is 2. The number of rotatable bonds is 36. The van der Waals surface area contributed by atoms with Gasteiger partial charge in [-0.1, -0.05) is 143 Å². The summed E-state index contributed by atoms with van der Waals surface area (Å²) in [5.41, 5.74) is 0. The number of aliphatic hydroxyl groups is 1. The van der Waals surface area contributed by atoms with Crippen molar-refractivity contribution in [2.75, 3.05) is 13.2 Å². The van der Waals surface area contributed by atoms with Crippen molar-refractivity contribution in [2.24, 2.45) is 0 Å². The van der Waals surface area contributed by atoms with E-state index in [-0.39, 0.29) is 19.4 Å². The van der Waals surface area contributed by atoms with Gasteiger partial charge in [0.2, 0.25) is 0 Å². The normalized spacial score (nSPS) is 14.1. The zero-order valence-electron chi connectivity index (χ0n) is 33.9. The highest BCUT2D eigenvalue weighted by Gasteiger charge is 2.23. The molecule has 10 heteroatoms. The molecule has 2 atom stereocenters. The van der Waals surface area contributed by atoms with Crippen LogP contribution >= 0.6 is 7.82 Å². The van der Waals surface area contributed by atoms with Gasteiger partial charge in [0.1, 0.15) is 6.61 Å². The van der Waals surface area contributed by atoms with Gasteiger partial charge in [-0.15, -0.1) is 0 Å². The largest absolute Gasteiger partial charge is 0.469 e. The molecule has 0 rings (SSSR count). The molecule has 9 nitrogen and oxygen atoms in total. The molecule has 0 aliphatic carbocycles. The molecule has 0 saturated carbocycles. The number of carbonyl (C=O) groups is 2. The van der Waals surface area contributed by atoms with Gasteiger partial charge in [0.25, 0.3) is 0 Å². The minimum Gasteiger partial charge on any atom is -0.462 e. The minimum atomic E-state index is -4.82. The Balaban J connectivity index is 4.22. The molecule has 0 aromatic carbocycles. The molecule has 55 heavy (non-hydrogen) atoms. The lowest BCUT2D eigenvalue weighted by atomic mass is 10.1. The molecule has 0 aromatic heterocycles. The van der Waals surface area contributed by atoms with Crippen molar-refractivity contribution in [1.82, 2.24) is 0 Å². The van der Waals surface area contributed by atoms with Crippen LogP contribution < -0.4 is 0 Å². The van der Waals surface area contributed by atoms with E-state index in [1.165, 1.54) is 44.9 Å². The summed E-state index contributed by atoms with van der Waals surface area (Å²) in [6.45, 7) is 3.42. The van der Waals surface area contributed by atoms with E-state index in [0.29, 0.717) is 19.3 Å². The number of hydrogen-bond acceptors (Lipinski definition) is 7. The highest BCUT2D eigenvalue weighted by Crippen LogP contribution is 2.36. The predicted molar refractivity (Wildman–Crippen MR) is 226 cm³/mol. The first-order chi connectivity index (χ1) is 26.7. The van der Waals surface area contributed by atoms with Gasteiger partial charge in [0.05, 0.1) is 12.7 Å². The first-order valence-electron chi connectivity index (χ1n) is 20.6. The Bertz CT molecular complexity index is 1220. The number of carbonyl (C=O) groups excluding carboxylic acids is 2. The van der Waals surface area contributed by atoms with Crippen LogP contribution in [0.3, 0.4) is 0 Å². The van der Waals surface area contributed by atoms with Crippen molar-refractivity contribution < 1.29 is 43.0 Å². The smallest absolute Gasteiger partial charge is 0.462 e. The van der Waals surface area contributed by atoms with E-state index >= 15 is 0 Å². The standard InChI is InChI=1S/C45H73O9P/c1-3-5-7-9-11-13-15-17-18-19-20-21-22-24-26-28-30-32-34-38-44(47)52-40-43(41-53-55(49,50)51)54-45(48)39-35-37-42(46)36-33-31-29-27-25-23-16-14-12-10-8-6-4-2/h11-14,17-18,20-21,23-26,29,31,33,36,42-43,46H,3-10,15-16,19,22,27-28,30,32,34-35,37-41H2,1-2H3,(H2,49,50,51)/b13-11-,14-12-,18-17-,21-20-,25-23-,26-24-,31-29-,36-33+/t42-,43+/m0/s1. The Hall–Kier alpha value is -3.07. The SMILES string of the molecule is CCCCC/C=C\C/C=C\C/C=C\C=C\[C@H](O)CCCC(=O)O[C@H](COC(=O)CCCCC/C=C\C/C=C\C/C=C\C/C=C\CCCCC)COP(=O)(O)O. The number of phosphoric acid groups is 1. The Morgan fingerprint density at radius 2 is 1.04 bits per heavy atom. The van der Waals surface area contributed by atoms with Crippen molar-refractivity contribution in [3.8, 4) is 0 Å². The van der Waals surface area contributed by atoms with E-state index < -0.39 is 38.6 Å². The Morgan fingerprint density at radius 1 is 0.564 bits per heavy atom. The summed E-state index contributed by atoms with van der Waals surface area (Å²) in [5.74, 6) is -1.13. The molecular formula is C45H73O9P. The lowest BCUT2D eigenvalue weighted by molar-refractivity contribution is -0.161. The zero-order chi connectivity index (χ0) is 40.5. The summed E-state index contributed by atoms with van der Waals surface area (Å²) in [4.78, 5) is 42.8. The van der Waals surface area contributed by atoms with Crippen molar-refractivity contribution >= 4 is 19.8 Å². The van der Waals surface area contributed by atoms with E-state index in [0.717, 1.165) is 57.8 Å². The molecule has 3 N–H and O–H groups in total. The fraction of sp³-hybridized carbons (Fsp3) is 0.600.